The highest BCUT2D eigenvalue weighted by Gasteiger charge is 2.33. The molecule has 2 unspecified atom stereocenters. The summed E-state index contributed by atoms with van der Waals surface area (Å²) >= 11 is 0. The van der Waals surface area contributed by atoms with Crippen LogP contribution in [-0.4, -0.2) is 65.2 Å². The van der Waals surface area contributed by atoms with Gasteiger partial charge in [0.2, 0.25) is 11.8 Å². The number of piperidine rings is 1. The summed E-state index contributed by atoms with van der Waals surface area (Å²) in [5.41, 5.74) is 0. The van der Waals surface area contributed by atoms with E-state index in [1.807, 2.05) is 4.90 Å². The summed E-state index contributed by atoms with van der Waals surface area (Å²) in [7, 11) is 0. The predicted octanol–water partition coefficient (Wildman–Crippen LogP) is 1.82. The number of hydrogen-bond acceptors (Lipinski definition) is 6. The van der Waals surface area contributed by atoms with E-state index in [9.17, 15) is 4.79 Å². The lowest BCUT2D eigenvalue weighted by atomic mass is 9.95. The average Bonchev–Trinajstić information content (AvgIpc) is 3.12. The summed E-state index contributed by atoms with van der Waals surface area (Å²) in [5.74, 6) is 1.98. The van der Waals surface area contributed by atoms with Crippen LogP contribution in [0.4, 0.5) is 0 Å². The Kier molecular flexibility index (Phi) is 5.50. The third kappa shape index (κ3) is 3.78. The van der Waals surface area contributed by atoms with Crippen LogP contribution in [0.3, 0.4) is 0 Å². The minimum atomic E-state index is 0.0466. The van der Waals surface area contributed by atoms with Crippen molar-refractivity contribution in [3.05, 3.63) is 11.7 Å². The molecule has 3 rings (SSSR count). The Balaban J connectivity index is 1.62. The number of carbonyl (C=O) groups excluding carboxylic acids is 1. The Labute approximate surface area is 143 Å². The number of likely N-dealkylation sites (tertiary alicyclic amines) is 1. The average molecular weight is 336 g/mol. The Bertz CT molecular complexity index is 554. The molecular weight excluding hydrogens is 308 g/mol. The SMILES string of the molecule is CC(C)c1noc(C(C)N2CCCC(C(=O)N3CCOCC3)C2)n1. The smallest absolute Gasteiger partial charge is 0.243 e. The highest BCUT2D eigenvalue weighted by molar-refractivity contribution is 5.79. The van der Waals surface area contributed by atoms with Gasteiger partial charge in [0.15, 0.2) is 5.82 Å². The van der Waals surface area contributed by atoms with Gasteiger partial charge in [-0.25, -0.2) is 0 Å². The standard InChI is InChI=1S/C17H28N4O3/c1-12(2)15-18-16(24-19-15)13(3)21-6-4-5-14(11-21)17(22)20-7-9-23-10-8-20/h12-14H,4-11H2,1-3H3. The number of rotatable bonds is 4. The van der Waals surface area contributed by atoms with Gasteiger partial charge in [0.25, 0.3) is 0 Å². The van der Waals surface area contributed by atoms with Crippen LogP contribution >= 0.6 is 0 Å². The Morgan fingerprint density at radius 1 is 1.21 bits per heavy atom. The van der Waals surface area contributed by atoms with Gasteiger partial charge in [-0.15, -0.1) is 0 Å². The molecule has 1 amide bonds. The normalized spacial score (nSPS) is 24.3. The molecule has 0 N–H and O–H groups in total. The highest BCUT2D eigenvalue weighted by Crippen LogP contribution is 2.27. The molecule has 2 aliphatic heterocycles. The number of hydrogen-bond donors (Lipinski definition) is 0. The minimum Gasteiger partial charge on any atom is -0.378 e. The van der Waals surface area contributed by atoms with Crippen LogP contribution < -0.4 is 0 Å². The second kappa shape index (κ2) is 7.61. The van der Waals surface area contributed by atoms with E-state index < -0.39 is 0 Å². The van der Waals surface area contributed by atoms with Crippen LogP contribution in [0.1, 0.15) is 57.3 Å². The Hall–Kier alpha value is -1.47. The van der Waals surface area contributed by atoms with Crippen LogP contribution in [0.15, 0.2) is 4.52 Å². The molecule has 7 heteroatoms. The van der Waals surface area contributed by atoms with Crippen LogP contribution in [0.25, 0.3) is 0 Å². The fourth-order valence-corrected chi connectivity index (χ4v) is 3.41. The summed E-state index contributed by atoms with van der Waals surface area (Å²) < 4.78 is 10.8. The van der Waals surface area contributed by atoms with Crippen molar-refractivity contribution in [2.75, 3.05) is 39.4 Å². The maximum atomic E-state index is 12.7. The lowest BCUT2D eigenvalue weighted by Crippen LogP contribution is -2.48. The number of aromatic nitrogens is 2. The fraction of sp³-hybridized carbons (Fsp3) is 0.824. The van der Waals surface area contributed by atoms with Gasteiger partial charge in [0.05, 0.1) is 25.2 Å². The number of nitrogens with zero attached hydrogens (tertiary/aromatic N) is 4. The molecule has 2 saturated heterocycles. The monoisotopic (exact) mass is 336 g/mol. The van der Waals surface area contributed by atoms with E-state index in [2.05, 4.69) is 35.8 Å². The van der Waals surface area contributed by atoms with E-state index in [0.717, 1.165) is 31.8 Å². The molecule has 0 spiro atoms. The molecule has 0 radical (unpaired) electrons. The van der Waals surface area contributed by atoms with Crippen molar-refractivity contribution < 1.29 is 14.1 Å². The summed E-state index contributed by atoms with van der Waals surface area (Å²) in [5, 5.41) is 4.06. The van der Waals surface area contributed by atoms with Crippen molar-refractivity contribution in [1.29, 1.82) is 0 Å². The molecule has 0 saturated carbocycles. The Morgan fingerprint density at radius 3 is 2.62 bits per heavy atom. The number of ether oxygens (including phenoxy) is 1. The largest absolute Gasteiger partial charge is 0.378 e. The summed E-state index contributed by atoms with van der Waals surface area (Å²) in [4.78, 5) is 21.5. The van der Waals surface area contributed by atoms with Crippen LogP contribution in [0.2, 0.25) is 0 Å². The molecule has 1 aromatic heterocycles. The first kappa shape index (κ1) is 17.4. The minimum absolute atomic E-state index is 0.0466. The molecule has 1 aromatic rings. The van der Waals surface area contributed by atoms with Gasteiger partial charge < -0.3 is 14.2 Å². The van der Waals surface area contributed by atoms with Gasteiger partial charge in [0, 0.05) is 25.6 Å². The zero-order valence-corrected chi connectivity index (χ0v) is 14.9. The lowest BCUT2D eigenvalue weighted by molar-refractivity contribution is -0.141. The molecular formula is C17H28N4O3. The lowest BCUT2D eigenvalue weighted by Gasteiger charge is -2.37. The van der Waals surface area contributed by atoms with E-state index in [0.29, 0.717) is 32.2 Å². The topological polar surface area (TPSA) is 71.7 Å². The van der Waals surface area contributed by atoms with E-state index in [4.69, 9.17) is 9.26 Å². The first-order valence-electron chi connectivity index (χ1n) is 9.00. The molecule has 2 aliphatic rings. The second-order valence-electron chi connectivity index (χ2n) is 7.09. The van der Waals surface area contributed by atoms with E-state index >= 15 is 0 Å². The number of amides is 1. The van der Waals surface area contributed by atoms with Crippen LogP contribution in [0, 0.1) is 5.92 Å². The summed E-state index contributed by atoms with van der Waals surface area (Å²) in [6, 6.07) is 0.0466. The molecule has 2 fully saturated rings. The van der Waals surface area contributed by atoms with Crippen LogP contribution in [-0.2, 0) is 9.53 Å². The molecule has 0 aromatic carbocycles. The van der Waals surface area contributed by atoms with E-state index in [-0.39, 0.29) is 23.8 Å². The summed E-state index contributed by atoms with van der Waals surface area (Å²) in [6.07, 6.45) is 1.98. The van der Waals surface area contributed by atoms with Crippen molar-refractivity contribution in [2.45, 2.75) is 45.6 Å². The maximum absolute atomic E-state index is 12.7. The molecule has 0 aliphatic carbocycles. The third-order valence-corrected chi connectivity index (χ3v) is 5.00. The molecule has 134 valence electrons. The van der Waals surface area contributed by atoms with Gasteiger partial charge >= 0.3 is 0 Å². The third-order valence-electron chi connectivity index (χ3n) is 5.00. The van der Waals surface area contributed by atoms with Gasteiger partial charge in [-0.1, -0.05) is 19.0 Å². The first-order chi connectivity index (χ1) is 11.6. The maximum Gasteiger partial charge on any atom is 0.243 e. The van der Waals surface area contributed by atoms with E-state index in [1.54, 1.807) is 0 Å². The molecule has 24 heavy (non-hydrogen) atoms. The molecule has 2 atom stereocenters. The van der Waals surface area contributed by atoms with E-state index in [1.165, 1.54) is 0 Å². The van der Waals surface area contributed by atoms with Gasteiger partial charge in [-0.3, -0.25) is 9.69 Å². The quantitative estimate of drug-likeness (QED) is 0.835. The van der Waals surface area contributed by atoms with Crippen molar-refractivity contribution in [1.82, 2.24) is 19.9 Å². The molecule has 3 heterocycles. The molecule has 7 nitrogen and oxygen atoms in total. The zero-order chi connectivity index (χ0) is 17.1. The van der Waals surface area contributed by atoms with Gasteiger partial charge in [0.1, 0.15) is 0 Å². The van der Waals surface area contributed by atoms with Crippen molar-refractivity contribution in [2.24, 2.45) is 5.92 Å². The number of morpholine rings is 1. The van der Waals surface area contributed by atoms with Crippen molar-refractivity contribution in [3.8, 4) is 0 Å². The summed E-state index contributed by atoms with van der Waals surface area (Å²) in [6.45, 7) is 10.6. The first-order valence-corrected chi connectivity index (χ1v) is 9.00. The van der Waals surface area contributed by atoms with Crippen molar-refractivity contribution >= 4 is 5.91 Å². The van der Waals surface area contributed by atoms with Crippen molar-refractivity contribution in [3.63, 3.8) is 0 Å². The fourth-order valence-electron chi connectivity index (χ4n) is 3.41. The van der Waals surface area contributed by atoms with Gasteiger partial charge in [-0.2, -0.15) is 4.98 Å². The number of carbonyl (C=O) groups is 1. The molecule has 0 bridgehead atoms. The van der Waals surface area contributed by atoms with Crippen LogP contribution in [0.5, 0.6) is 0 Å². The predicted molar refractivity (Wildman–Crippen MR) is 88.5 cm³/mol. The second-order valence-corrected chi connectivity index (χ2v) is 7.09. The Morgan fingerprint density at radius 2 is 1.96 bits per heavy atom. The zero-order valence-electron chi connectivity index (χ0n) is 14.9. The highest BCUT2D eigenvalue weighted by atomic mass is 16.5. The van der Waals surface area contributed by atoms with Gasteiger partial charge in [-0.05, 0) is 26.3 Å².